The van der Waals surface area contributed by atoms with E-state index >= 15 is 0 Å². The third-order valence-corrected chi connectivity index (χ3v) is 6.28. The van der Waals surface area contributed by atoms with Crippen molar-refractivity contribution >= 4 is 11.8 Å². The molecule has 128 valence electrons. The Bertz CT molecular complexity index is 442. The molecule has 2 aliphatic heterocycles. The number of benzene rings is 1. The number of hydrogen-bond acceptors (Lipinski definition) is 3. The molecule has 2 fully saturated rings. The average molecular weight is 333 g/mol. The molecule has 0 aromatic heterocycles. The van der Waals surface area contributed by atoms with E-state index in [1.165, 1.54) is 69.7 Å². The van der Waals surface area contributed by atoms with Gasteiger partial charge in [0, 0.05) is 19.6 Å². The summed E-state index contributed by atoms with van der Waals surface area (Å²) in [6, 6.07) is 11.0. The van der Waals surface area contributed by atoms with E-state index in [1.54, 1.807) is 0 Å². The number of piperidine rings is 2. The van der Waals surface area contributed by atoms with Gasteiger partial charge >= 0.3 is 0 Å². The van der Waals surface area contributed by atoms with Gasteiger partial charge in [-0.1, -0.05) is 30.3 Å². The first-order valence-electron chi connectivity index (χ1n) is 9.31. The predicted molar refractivity (Wildman–Crippen MR) is 102 cm³/mol. The van der Waals surface area contributed by atoms with Crippen LogP contribution >= 0.6 is 11.8 Å². The quantitative estimate of drug-likeness (QED) is 0.778. The minimum atomic E-state index is 0.879. The molecule has 0 aliphatic carbocycles. The van der Waals surface area contributed by atoms with E-state index in [1.807, 2.05) is 11.8 Å². The smallest absolute Gasteiger partial charge is 0.0233 e. The molecular weight excluding hydrogens is 300 g/mol. The van der Waals surface area contributed by atoms with Crippen molar-refractivity contribution < 1.29 is 0 Å². The standard InChI is InChI=1S/C20H32N2S/c1-23-17-19-9-12-21(13-10-19)15-20-8-5-11-22(16-20)14-18-6-3-2-4-7-18/h2-4,6-7,19-20H,5,8-17H2,1H3/t20-/m0/s1. The van der Waals surface area contributed by atoms with Gasteiger partial charge < -0.3 is 4.90 Å². The van der Waals surface area contributed by atoms with E-state index in [9.17, 15) is 0 Å². The van der Waals surface area contributed by atoms with Crippen LogP contribution in [0, 0.1) is 11.8 Å². The second kappa shape index (κ2) is 9.10. The van der Waals surface area contributed by atoms with Crippen LogP contribution in [0.5, 0.6) is 0 Å². The van der Waals surface area contributed by atoms with Crippen molar-refractivity contribution in [3.63, 3.8) is 0 Å². The average Bonchev–Trinajstić information content (AvgIpc) is 2.58. The summed E-state index contributed by atoms with van der Waals surface area (Å²) in [6.07, 6.45) is 7.88. The van der Waals surface area contributed by atoms with Gasteiger partial charge in [0.2, 0.25) is 0 Å². The van der Waals surface area contributed by atoms with E-state index in [0.29, 0.717) is 0 Å². The zero-order chi connectivity index (χ0) is 15.9. The van der Waals surface area contributed by atoms with Crippen molar-refractivity contribution in [3.8, 4) is 0 Å². The molecule has 2 saturated heterocycles. The monoisotopic (exact) mass is 332 g/mol. The lowest BCUT2D eigenvalue weighted by Gasteiger charge is -2.38. The summed E-state index contributed by atoms with van der Waals surface area (Å²) in [7, 11) is 0. The summed E-state index contributed by atoms with van der Waals surface area (Å²) in [4.78, 5) is 5.41. The number of rotatable bonds is 6. The van der Waals surface area contributed by atoms with Gasteiger partial charge in [0.1, 0.15) is 0 Å². The molecule has 23 heavy (non-hydrogen) atoms. The number of hydrogen-bond donors (Lipinski definition) is 0. The third kappa shape index (κ3) is 5.51. The largest absolute Gasteiger partial charge is 0.303 e. The molecular formula is C20H32N2S. The fourth-order valence-corrected chi connectivity index (χ4v) is 5.03. The van der Waals surface area contributed by atoms with Crippen molar-refractivity contribution in [2.75, 3.05) is 44.7 Å². The molecule has 1 aromatic carbocycles. The lowest BCUT2D eigenvalue weighted by Crippen LogP contribution is -2.43. The number of likely N-dealkylation sites (tertiary alicyclic amines) is 2. The Morgan fingerprint density at radius 2 is 1.74 bits per heavy atom. The van der Waals surface area contributed by atoms with E-state index in [-0.39, 0.29) is 0 Å². The fourth-order valence-electron chi connectivity index (χ4n) is 4.22. The van der Waals surface area contributed by atoms with Crippen LogP contribution in [0.3, 0.4) is 0 Å². The number of nitrogens with zero attached hydrogens (tertiary/aromatic N) is 2. The van der Waals surface area contributed by atoms with Gasteiger partial charge in [-0.25, -0.2) is 0 Å². The molecule has 3 rings (SSSR count). The molecule has 2 aliphatic rings. The van der Waals surface area contributed by atoms with Crippen LogP contribution in [0.25, 0.3) is 0 Å². The summed E-state index contributed by atoms with van der Waals surface area (Å²) in [5.74, 6) is 3.22. The third-order valence-electron chi connectivity index (χ3n) is 5.48. The first-order chi connectivity index (χ1) is 11.3. The van der Waals surface area contributed by atoms with Crippen LogP contribution in [0.1, 0.15) is 31.2 Å². The summed E-state index contributed by atoms with van der Waals surface area (Å²) in [6.45, 7) is 7.70. The van der Waals surface area contributed by atoms with Crippen LogP contribution in [-0.4, -0.2) is 54.5 Å². The second-order valence-electron chi connectivity index (χ2n) is 7.43. The maximum atomic E-state index is 2.74. The van der Waals surface area contributed by atoms with Crippen LogP contribution < -0.4 is 0 Å². The van der Waals surface area contributed by atoms with Gasteiger partial charge in [0.25, 0.3) is 0 Å². The normalized spacial score (nSPS) is 24.8. The maximum absolute atomic E-state index is 2.74. The summed E-state index contributed by atoms with van der Waals surface area (Å²) < 4.78 is 0. The van der Waals surface area contributed by atoms with Crippen LogP contribution in [-0.2, 0) is 6.54 Å². The molecule has 0 saturated carbocycles. The topological polar surface area (TPSA) is 6.48 Å². The molecule has 3 heteroatoms. The zero-order valence-electron chi connectivity index (χ0n) is 14.6. The Balaban J connectivity index is 1.42. The van der Waals surface area contributed by atoms with Gasteiger partial charge in [0.15, 0.2) is 0 Å². The Labute approximate surface area is 146 Å². The van der Waals surface area contributed by atoms with E-state index in [0.717, 1.165) is 18.4 Å². The molecule has 0 N–H and O–H groups in total. The van der Waals surface area contributed by atoms with E-state index in [2.05, 4.69) is 46.4 Å². The van der Waals surface area contributed by atoms with Crippen molar-refractivity contribution in [2.24, 2.45) is 11.8 Å². The molecule has 0 amide bonds. The highest BCUT2D eigenvalue weighted by atomic mass is 32.2. The van der Waals surface area contributed by atoms with Gasteiger partial charge in [-0.2, -0.15) is 11.8 Å². The molecule has 2 nitrogen and oxygen atoms in total. The predicted octanol–water partition coefficient (Wildman–Crippen LogP) is 3.97. The summed E-state index contributed by atoms with van der Waals surface area (Å²) in [5.41, 5.74) is 1.46. The van der Waals surface area contributed by atoms with Gasteiger partial charge in [-0.05, 0) is 74.7 Å². The van der Waals surface area contributed by atoms with E-state index in [4.69, 9.17) is 0 Å². The van der Waals surface area contributed by atoms with Gasteiger partial charge in [-0.3, -0.25) is 4.90 Å². The molecule has 0 unspecified atom stereocenters. The molecule has 0 bridgehead atoms. The Morgan fingerprint density at radius 1 is 0.957 bits per heavy atom. The zero-order valence-corrected chi connectivity index (χ0v) is 15.4. The Kier molecular flexibility index (Phi) is 6.85. The molecule has 2 heterocycles. The van der Waals surface area contributed by atoms with Crippen molar-refractivity contribution in [3.05, 3.63) is 35.9 Å². The number of thioether (sulfide) groups is 1. The van der Waals surface area contributed by atoms with E-state index < -0.39 is 0 Å². The SMILES string of the molecule is CSCC1CCN(C[C@@H]2CCCN(Cc3ccccc3)C2)CC1. The molecule has 0 spiro atoms. The molecule has 1 aromatic rings. The first-order valence-corrected chi connectivity index (χ1v) is 10.7. The molecule has 0 radical (unpaired) electrons. The minimum absolute atomic E-state index is 0.879. The Morgan fingerprint density at radius 3 is 2.48 bits per heavy atom. The van der Waals surface area contributed by atoms with Crippen molar-refractivity contribution in [1.29, 1.82) is 0 Å². The van der Waals surface area contributed by atoms with Crippen LogP contribution in [0.2, 0.25) is 0 Å². The maximum Gasteiger partial charge on any atom is 0.0233 e. The highest BCUT2D eigenvalue weighted by Crippen LogP contribution is 2.24. The Hall–Kier alpha value is -0.510. The van der Waals surface area contributed by atoms with Crippen LogP contribution in [0.4, 0.5) is 0 Å². The van der Waals surface area contributed by atoms with Gasteiger partial charge in [0.05, 0.1) is 0 Å². The van der Waals surface area contributed by atoms with Crippen molar-refractivity contribution in [1.82, 2.24) is 9.80 Å². The summed E-state index contributed by atoms with van der Waals surface area (Å²) in [5, 5.41) is 0. The highest BCUT2D eigenvalue weighted by molar-refractivity contribution is 7.98. The lowest BCUT2D eigenvalue weighted by molar-refractivity contribution is 0.109. The summed E-state index contributed by atoms with van der Waals surface area (Å²) >= 11 is 2.02. The lowest BCUT2D eigenvalue weighted by atomic mass is 9.94. The van der Waals surface area contributed by atoms with Crippen LogP contribution in [0.15, 0.2) is 30.3 Å². The van der Waals surface area contributed by atoms with Crippen molar-refractivity contribution in [2.45, 2.75) is 32.2 Å². The molecule has 1 atom stereocenters. The second-order valence-corrected chi connectivity index (χ2v) is 8.34. The van der Waals surface area contributed by atoms with Gasteiger partial charge in [-0.15, -0.1) is 0 Å². The highest BCUT2D eigenvalue weighted by Gasteiger charge is 2.25. The minimum Gasteiger partial charge on any atom is -0.303 e. The fraction of sp³-hybridized carbons (Fsp3) is 0.700. The first kappa shape index (κ1) is 17.3.